The van der Waals surface area contributed by atoms with Gasteiger partial charge in [-0.25, -0.2) is 0 Å². The van der Waals surface area contributed by atoms with Crippen molar-refractivity contribution in [2.75, 3.05) is 10.6 Å². The minimum Gasteiger partial charge on any atom is -0.366 e. The summed E-state index contributed by atoms with van der Waals surface area (Å²) in [7, 11) is 0. The molecule has 0 unspecified atom stereocenters. The zero-order valence-corrected chi connectivity index (χ0v) is 13.3. The lowest BCUT2D eigenvalue weighted by Gasteiger charge is -2.07. The normalized spacial score (nSPS) is 10.5. The molecular weight excluding hydrogens is 338 g/mol. The smallest absolute Gasteiger partial charge is 0.292 e. The van der Waals surface area contributed by atoms with Gasteiger partial charge in [-0.15, -0.1) is 0 Å². The van der Waals surface area contributed by atoms with Gasteiger partial charge in [0.2, 0.25) is 0 Å². The molecule has 9 heteroatoms. The van der Waals surface area contributed by atoms with Crippen molar-refractivity contribution < 1.29 is 14.5 Å². The van der Waals surface area contributed by atoms with Gasteiger partial charge in [-0.3, -0.25) is 19.7 Å². The lowest BCUT2D eigenvalue weighted by molar-refractivity contribution is -0.383. The van der Waals surface area contributed by atoms with E-state index in [1.54, 1.807) is 24.3 Å². The molecule has 0 saturated heterocycles. The molecule has 0 bridgehead atoms. The van der Waals surface area contributed by atoms with Crippen molar-refractivity contribution in [3.05, 3.63) is 76.0 Å². The molecule has 0 aliphatic carbocycles. The highest BCUT2D eigenvalue weighted by atomic mass is 16.6. The number of carbonyl (C=O) groups excluding carboxylic acids is 2. The zero-order chi connectivity index (χ0) is 19.1. The third-order valence-corrected chi connectivity index (χ3v) is 3.28. The second kappa shape index (κ2) is 8.07. The van der Waals surface area contributed by atoms with Crippen LogP contribution in [0.15, 0.2) is 60.3 Å². The molecule has 2 aromatic carbocycles. The number of rotatable bonds is 6. The van der Waals surface area contributed by atoms with Crippen molar-refractivity contribution in [3.8, 4) is 6.07 Å². The zero-order valence-electron chi connectivity index (χ0n) is 13.3. The molecule has 0 radical (unpaired) electrons. The van der Waals surface area contributed by atoms with Crippen LogP contribution in [0.2, 0.25) is 0 Å². The molecule has 2 amide bonds. The molecule has 0 atom stereocenters. The van der Waals surface area contributed by atoms with Crippen LogP contribution in [0.3, 0.4) is 0 Å². The van der Waals surface area contributed by atoms with E-state index in [9.17, 15) is 19.7 Å². The van der Waals surface area contributed by atoms with Crippen LogP contribution in [0, 0.1) is 21.4 Å². The third kappa shape index (κ3) is 4.21. The standard InChI is InChI=1S/C17H13N5O4/c18-9-11(10-20-13-6-2-1-5-12(13)16(19)23)17(24)21-14-7-3-4-8-15(14)22(25)26/h1-8,10,20H,(H2,19,23)(H,21,24)/b11-10-. The predicted octanol–water partition coefficient (Wildman–Crippen LogP) is 2.15. The molecule has 0 spiro atoms. The van der Waals surface area contributed by atoms with Gasteiger partial charge in [-0.2, -0.15) is 5.26 Å². The summed E-state index contributed by atoms with van der Waals surface area (Å²) in [5.74, 6) is -1.52. The Labute approximate surface area is 147 Å². The molecule has 0 saturated carbocycles. The maximum absolute atomic E-state index is 12.2. The summed E-state index contributed by atoms with van der Waals surface area (Å²) in [6.45, 7) is 0. The number of nitrogens with zero attached hydrogens (tertiary/aromatic N) is 2. The van der Waals surface area contributed by atoms with Crippen LogP contribution in [0.25, 0.3) is 0 Å². The largest absolute Gasteiger partial charge is 0.366 e. The number of carbonyl (C=O) groups is 2. The van der Waals surface area contributed by atoms with Gasteiger partial charge in [0.15, 0.2) is 0 Å². The Balaban J connectivity index is 2.23. The molecule has 4 N–H and O–H groups in total. The van der Waals surface area contributed by atoms with E-state index < -0.39 is 16.7 Å². The molecule has 2 rings (SSSR count). The van der Waals surface area contributed by atoms with E-state index >= 15 is 0 Å². The Hall–Kier alpha value is -4.19. The number of hydrogen-bond acceptors (Lipinski definition) is 6. The Kier molecular flexibility index (Phi) is 5.63. The number of primary amides is 1. The maximum Gasteiger partial charge on any atom is 0.292 e. The quantitative estimate of drug-likeness (QED) is 0.314. The van der Waals surface area contributed by atoms with Crippen LogP contribution in [0.1, 0.15) is 10.4 Å². The summed E-state index contributed by atoms with van der Waals surface area (Å²) in [6, 6.07) is 13.5. The molecule has 0 aliphatic rings. The summed E-state index contributed by atoms with van der Waals surface area (Å²) in [5, 5.41) is 25.1. The van der Waals surface area contributed by atoms with Crippen molar-refractivity contribution >= 4 is 28.9 Å². The third-order valence-electron chi connectivity index (χ3n) is 3.28. The van der Waals surface area contributed by atoms with E-state index in [-0.39, 0.29) is 22.5 Å². The van der Waals surface area contributed by atoms with E-state index in [0.29, 0.717) is 5.69 Å². The van der Waals surface area contributed by atoms with E-state index in [2.05, 4.69) is 10.6 Å². The van der Waals surface area contributed by atoms with Gasteiger partial charge in [0, 0.05) is 12.3 Å². The topological polar surface area (TPSA) is 151 Å². The number of anilines is 2. The minimum absolute atomic E-state index is 0.0406. The molecule has 0 aromatic heterocycles. The van der Waals surface area contributed by atoms with Crippen LogP contribution in [-0.2, 0) is 4.79 Å². The van der Waals surface area contributed by atoms with Gasteiger partial charge in [0.05, 0.1) is 16.2 Å². The Morgan fingerprint density at radius 1 is 1.12 bits per heavy atom. The van der Waals surface area contributed by atoms with Crippen LogP contribution >= 0.6 is 0 Å². The summed E-state index contributed by atoms with van der Waals surface area (Å²) in [4.78, 5) is 33.9. The number of nitriles is 1. The van der Waals surface area contributed by atoms with Gasteiger partial charge in [-0.1, -0.05) is 24.3 Å². The lowest BCUT2D eigenvalue weighted by Crippen LogP contribution is -2.16. The van der Waals surface area contributed by atoms with Crippen molar-refractivity contribution in [2.45, 2.75) is 0 Å². The number of nitro groups is 1. The highest BCUT2D eigenvalue weighted by Gasteiger charge is 2.17. The summed E-state index contributed by atoms with van der Waals surface area (Å²) in [5.41, 5.74) is 5.06. The van der Waals surface area contributed by atoms with E-state index in [4.69, 9.17) is 11.0 Å². The van der Waals surface area contributed by atoms with Crippen LogP contribution in [0.4, 0.5) is 17.1 Å². The minimum atomic E-state index is -0.842. The number of nitro benzene ring substituents is 1. The highest BCUT2D eigenvalue weighted by Crippen LogP contribution is 2.23. The van der Waals surface area contributed by atoms with Crippen LogP contribution < -0.4 is 16.4 Å². The molecule has 9 nitrogen and oxygen atoms in total. The predicted molar refractivity (Wildman–Crippen MR) is 94.0 cm³/mol. The van der Waals surface area contributed by atoms with Crippen molar-refractivity contribution in [1.29, 1.82) is 5.26 Å². The first kappa shape index (κ1) is 18.2. The molecule has 0 heterocycles. The second-order valence-electron chi connectivity index (χ2n) is 4.95. The Morgan fingerprint density at radius 3 is 2.35 bits per heavy atom. The lowest BCUT2D eigenvalue weighted by atomic mass is 10.1. The molecule has 2 aromatic rings. The average Bonchev–Trinajstić information content (AvgIpc) is 2.62. The molecular formula is C17H13N5O4. The molecule has 0 fully saturated rings. The number of hydrogen-bond donors (Lipinski definition) is 3. The maximum atomic E-state index is 12.2. The molecule has 0 aliphatic heterocycles. The fourth-order valence-electron chi connectivity index (χ4n) is 2.05. The second-order valence-corrected chi connectivity index (χ2v) is 4.95. The first-order valence-electron chi connectivity index (χ1n) is 7.24. The summed E-state index contributed by atoms with van der Waals surface area (Å²) >= 11 is 0. The number of para-hydroxylation sites is 3. The van der Waals surface area contributed by atoms with Gasteiger partial charge in [-0.05, 0) is 18.2 Å². The van der Waals surface area contributed by atoms with Crippen molar-refractivity contribution in [3.63, 3.8) is 0 Å². The number of nitrogens with two attached hydrogens (primary N) is 1. The number of benzene rings is 2. The first-order chi connectivity index (χ1) is 12.4. The Bertz CT molecular complexity index is 946. The van der Waals surface area contributed by atoms with E-state index in [0.717, 1.165) is 6.20 Å². The molecule has 26 heavy (non-hydrogen) atoms. The number of nitrogens with one attached hydrogen (secondary N) is 2. The van der Waals surface area contributed by atoms with E-state index in [1.165, 1.54) is 30.3 Å². The number of amides is 2. The fourth-order valence-corrected chi connectivity index (χ4v) is 2.05. The molecule has 130 valence electrons. The average molecular weight is 351 g/mol. The van der Waals surface area contributed by atoms with Crippen molar-refractivity contribution in [2.24, 2.45) is 5.73 Å². The fraction of sp³-hybridized carbons (Fsp3) is 0. The van der Waals surface area contributed by atoms with Crippen LogP contribution in [-0.4, -0.2) is 16.7 Å². The Morgan fingerprint density at radius 2 is 1.73 bits per heavy atom. The first-order valence-corrected chi connectivity index (χ1v) is 7.24. The van der Waals surface area contributed by atoms with Gasteiger partial charge >= 0.3 is 0 Å². The summed E-state index contributed by atoms with van der Waals surface area (Å²) < 4.78 is 0. The van der Waals surface area contributed by atoms with Crippen molar-refractivity contribution in [1.82, 2.24) is 0 Å². The SMILES string of the molecule is N#C/C(=C/Nc1ccccc1C(N)=O)C(=O)Nc1ccccc1[N+](=O)[O-]. The summed E-state index contributed by atoms with van der Waals surface area (Å²) in [6.07, 6.45) is 1.09. The van der Waals surface area contributed by atoms with Gasteiger partial charge in [0.25, 0.3) is 17.5 Å². The van der Waals surface area contributed by atoms with Gasteiger partial charge < -0.3 is 16.4 Å². The van der Waals surface area contributed by atoms with E-state index in [1.807, 2.05) is 0 Å². The monoisotopic (exact) mass is 351 g/mol. The van der Waals surface area contributed by atoms with Gasteiger partial charge in [0.1, 0.15) is 17.3 Å². The highest BCUT2D eigenvalue weighted by molar-refractivity contribution is 6.08. The van der Waals surface area contributed by atoms with Crippen LogP contribution in [0.5, 0.6) is 0 Å².